The van der Waals surface area contributed by atoms with E-state index in [0.717, 1.165) is 40.4 Å². The number of pyridine rings is 1. The number of ether oxygens (including phenoxy) is 1. The molecule has 3 aromatic rings. The highest BCUT2D eigenvalue weighted by molar-refractivity contribution is 5.88. The normalized spacial score (nSPS) is 11.5. The van der Waals surface area contributed by atoms with Crippen LogP contribution in [0.5, 0.6) is 5.88 Å². The maximum absolute atomic E-state index is 12.8. The maximum atomic E-state index is 12.8. The monoisotopic (exact) mass is 373 g/mol. The summed E-state index contributed by atoms with van der Waals surface area (Å²) in [6.07, 6.45) is 3.04. The molecule has 1 atom stereocenters. The summed E-state index contributed by atoms with van der Waals surface area (Å²) < 4.78 is 18.3. The number of halogens is 1. The third-order valence-electron chi connectivity index (χ3n) is 4.35. The van der Waals surface area contributed by atoms with Gasteiger partial charge < -0.3 is 4.74 Å². The summed E-state index contributed by atoms with van der Waals surface area (Å²) in [6.45, 7) is 5.68. The highest BCUT2D eigenvalue weighted by Crippen LogP contribution is 2.25. The van der Waals surface area contributed by atoms with Crippen LogP contribution in [0.25, 0.3) is 22.0 Å². The molecule has 3 rings (SSSR count). The molecule has 28 heavy (non-hydrogen) atoms. The van der Waals surface area contributed by atoms with E-state index in [1.165, 1.54) is 0 Å². The van der Waals surface area contributed by atoms with Gasteiger partial charge in [0.15, 0.2) is 0 Å². The Morgan fingerprint density at radius 2 is 1.96 bits per heavy atom. The van der Waals surface area contributed by atoms with Crippen molar-refractivity contribution in [3.05, 3.63) is 72.8 Å². The molecule has 2 nitrogen and oxygen atoms in total. The lowest BCUT2D eigenvalue weighted by Crippen LogP contribution is -1.96. The molecule has 0 radical (unpaired) electrons. The Hall–Kier alpha value is -3.12. The first-order chi connectivity index (χ1) is 13.7. The highest BCUT2D eigenvalue weighted by Gasteiger charge is 2.04. The number of hydrogen-bond acceptors (Lipinski definition) is 2. The molecule has 0 fully saturated rings. The first-order valence-corrected chi connectivity index (χ1v) is 9.53. The van der Waals surface area contributed by atoms with Gasteiger partial charge in [0.1, 0.15) is 6.61 Å². The van der Waals surface area contributed by atoms with E-state index in [4.69, 9.17) is 4.74 Å². The van der Waals surface area contributed by atoms with Crippen molar-refractivity contribution >= 4 is 10.8 Å². The van der Waals surface area contributed by atoms with Crippen LogP contribution in [0.2, 0.25) is 0 Å². The molecule has 3 heteroatoms. The SMILES string of the molecule is C=CCOc1cccc(-c2ccc3cc(C#CCCCC(C)F)ccc3c2)n1. The average Bonchev–Trinajstić information content (AvgIpc) is 2.71. The zero-order valence-corrected chi connectivity index (χ0v) is 16.1. The zero-order chi connectivity index (χ0) is 19.8. The molecule has 0 bridgehead atoms. The summed E-state index contributed by atoms with van der Waals surface area (Å²) in [5.74, 6) is 6.90. The molecular formula is C25H24FNO. The van der Waals surface area contributed by atoms with Gasteiger partial charge in [0.05, 0.1) is 11.9 Å². The fraction of sp³-hybridized carbons (Fsp3) is 0.240. The molecule has 0 aliphatic rings. The maximum Gasteiger partial charge on any atom is 0.214 e. The Kier molecular flexibility index (Phi) is 6.81. The minimum absolute atomic E-state index is 0.435. The van der Waals surface area contributed by atoms with Gasteiger partial charge in [0.2, 0.25) is 5.88 Å². The second-order valence-corrected chi connectivity index (χ2v) is 6.71. The van der Waals surface area contributed by atoms with E-state index >= 15 is 0 Å². The van der Waals surface area contributed by atoms with Crippen LogP contribution in [0.1, 0.15) is 31.7 Å². The lowest BCUT2D eigenvalue weighted by Gasteiger charge is -2.07. The van der Waals surface area contributed by atoms with Crippen LogP contribution in [0, 0.1) is 11.8 Å². The number of fused-ring (bicyclic) bond motifs is 1. The molecule has 0 N–H and O–H groups in total. The predicted octanol–water partition coefficient (Wildman–Crippen LogP) is 6.35. The number of unbranched alkanes of at least 4 members (excludes halogenated alkanes) is 1. The lowest BCUT2D eigenvalue weighted by atomic mass is 10.0. The molecule has 2 aromatic carbocycles. The fourth-order valence-corrected chi connectivity index (χ4v) is 2.92. The smallest absolute Gasteiger partial charge is 0.214 e. The fourth-order valence-electron chi connectivity index (χ4n) is 2.92. The molecule has 0 amide bonds. The number of alkyl halides is 1. The minimum atomic E-state index is -0.750. The lowest BCUT2D eigenvalue weighted by molar-refractivity contribution is 0.336. The molecule has 0 aliphatic heterocycles. The van der Waals surface area contributed by atoms with Crippen molar-refractivity contribution in [3.8, 4) is 29.0 Å². The van der Waals surface area contributed by atoms with E-state index in [1.807, 2.05) is 24.3 Å². The Morgan fingerprint density at radius 3 is 2.79 bits per heavy atom. The van der Waals surface area contributed by atoms with Crippen molar-refractivity contribution in [2.24, 2.45) is 0 Å². The van der Waals surface area contributed by atoms with Gasteiger partial charge in [-0.2, -0.15) is 0 Å². The van der Waals surface area contributed by atoms with Crippen molar-refractivity contribution < 1.29 is 9.13 Å². The van der Waals surface area contributed by atoms with Crippen molar-refractivity contribution in [3.63, 3.8) is 0 Å². The molecule has 1 unspecified atom stereocenters. The molecule has 0 aliphatic carbocycles. The van der Waals surface area contributed by atoms with Crippen LogP contribution >= 0.6 is 0 Å². The van der Waals surface area contributed by atoms with E-state index in [-0.39, 0.29) is 0 Å². The van der Waals surface area contributed by atoms with Crippen LogP contribution in [0.4, 0.5) is 4.39 Å². The Bertz CT molecular complexity index is 1010. The van der Waals surface area contributed by atoms with E-state index in [0.29, 0.717) is 18.9 Å². The predicted molar refractivity (Wildman–Crippen MR) is 114 cm³/mol. The van der Waals surface area contributed by atoms with Crippen LogP contribution in [0.3, 0.4) is 0 Å². The second kappa shape index (κ2) is 9.71. The summed E-state index contributed by atoms with van der Waals surface area (Å²) >= 11 is 0. The molecule has 1 heterocycles. The third kappa shape index (κ3) is 5.44. The Morgan fingerprint density at radius 1 is 1.14 bits per heavy atom. The quantitative estimate of drug-likeness (QED) is 0.274. The van der Waals surface area contributed by atoms with Gasteiger partial charge in [-0.15, -0.1) is 0 Å². The number of aromatic nitrogens is 1. The summed E-state index contributed by atoms with van der Waals surface area (Å²) in [5.41, 5.74) is 2.89. The summed E-state index contributed by atoms with van der Waals surface area (Å²) in [5, 5.41) is 2.26. The molecular weight excluding hydrogens is 349 g/mol. The summed E-state index contributed by atoms with van der Waals surface area (Å²) in [4.78, 5) is 4.56. The van der Waals surface area contributed by atoms with Crippen molar-refractivity contribution in [1.82, 2.24) is 4.98 Å². The largest absolute Gasteiger partial charge is 0.473 e. The van der Waals surface area contributed by atoms with Gasteiger partial charge in [0, 0.05) is 23.6 Å². The standard InChI is InChI=1S/C25H24FNO/c1-3-16-28-25-11-7-10-24(27-25)23-15-14-21-17-20(12-13-22(21)18-23)9-6-4-5-8-19(2)26/h3,7,10-15,17-19H,1,4-5,8,16H2,2H3. The van der Waals surface area contributed by atoms with Gasteiger partial charge in [-0.3, -0.25) is 0 Å². The average molecular weight is 373 g/mol. The summed E-state index contributed by atoms with van der Waals surface area (Å²) in [6, 6.07) is 18.2. The van der Waals surface area contributed by atoms with Gasteiger partial charge in [-0.1, -0.05) is 48.8 Å². The first kappa shape index (κ1) is 19.6. The third-order valence-corrected chi connectivity index (χ3v) is 4.35. The van der Waals surface area contributed by atoms with E-state index < -0.39 is 6.17 Å². The van der Waals surface area contributed by atoms with Crippen LogP contribution < -0.4 is 4.74 Å². The number of benzene rings is 2. The highest BCUT2D eigenvalue weighted by atomic mass is 19.1. The van der Waals surface area contributed by atoms with Crippen LogP contribution in [-0.2, 0) is 0 Å². The Labute approximate surface area is 166 Å². The second-order valence-electron chi connectivity index (χ2n) is 6.71. The van der Waals surface area contributed by atoms with Crippen molar-refractivity contribution in [2.45, 2.75) is 32.4 Å². The van der Waals surface area contributed by atoms with Gasteiger partial charge >= 0.3 is 0 Å². The Balaban J connectivity index is 1.76. The van der Waals surface area contributed by atoms with Gasteiger partial charge in [-0.05, 0) is 54.8 Å². The molecule has 1 aromatic heterocycles. The number of nitrogens with zero attached hydrogens (tertiary/aromatic N) is 1. The number of rotatable bonds is 7. The van der Waals surface area contributed by atoms with Crippen molar-refractivity contribution in [2.75, 3.05) is 6.61 Å². The van der Waals surface area contributed by atoms with E-state index in [2.05, 4.69) is 53.7 Å². The van der Waals surface area contributed by atoms with E-state index in [1.54, 1.807) is 13.0 Å². The van der Waals surface area contributed by atoms with Gasteiger partial charge in [0.25, 0.3) is 0 Å². The van der Waals surface area contributed by atoms with Crippen molar-refractivity contribution in [1.29, 1.82) is 0 Å². The van der Waals surface area contributed by atoms with E-state index in [9.17, 15) is 4.39 Å². The molecule has 0 saturated heterocycles. The summed E-state index contributed by atoms with van der Waals surface area (Å²) in [7, 11) is 0. The molecule has 0 saturated carbocycles. The molecule has 0 spiro atoms. The molecule has 142 valence electrons. The zero-order valence-electron chi connectivity index (χ0n) is 16.1. The van der Waals surface area contributed by atoms with Gasteiger partial charge in [-0.25, -0.2) is 9.37 Å². The topological polar surface area (TPSA) is 22.1 Å². The first-order valence-electron chi connectivity index (χ1n) is 9.53. The van der Waals surface area contributed by atoms with Crippen LogP contribution in [-0.4, -0.2) is 17.8 Å². The van der Waals surface area contributed by atoms with Crippen LogP contribution in [0.15, 0.2) is 67.3 Å². The number of hydrogen-bond donors (Lipinski definition) is 0. The minimum Gasteiger partial charge on any atom is -0.473 e.